The Morgan fingerprint density at radius 1 is 0.889 bits per heavy atom. The minimum atomic E-state index is 1.15. The van der Waals surface area contributed by atoms with E-state index in [1.807, 2.05) is 18.8 Å². The fraction of sp³-hybridized carbons (Fsp3) is 0.250. The number of hydrogen-bond acceptors (Lipinski definition) is 2. The van der Waals surface area contributed by atoms with Crippen molar-refractivity contribution in [1.29, 1.82) is 0 Å². The summed E-state index contributed by atoms with van der Waals surface area (Å²) >= 11 is 1.84. The highest BCUT2D eigenvalue weighted by atomic mass is 32.2. The Labute approximate surface area is 114 Å². The molecule has 0 saturated carbocycles. The van der Waals surface area contributed by atoms with Crippen LogP contribution in [0.15, 0.2) is 46.2 Å². The van der Waals surface area contributed by atoms with E-state index in [0.717, 1.165) is 5.69 Å². The first-order chi connectivity index (χ1) is 8.60. The topological polar surface area (TPSA) is 12.0 Å². The van der Waals surface area contributed by atoms with Gasteiger partial charge in [0.15, 0.2) is 0 Å². The summed E-state index contributed by atoms with van der Waals surface area (Å²) in [5.74, 6) is 0. The minimum Gasteiger partial charge on any atom is -0.388 e. The normalized spacial score (nSPS) is 10.4. The van der Waals surface area contributed by atoms with Gasteiger partial charge in [-0.3, -0.25) is 0 Å². The molecule has 94 valence electrons. The summed E-state index contributed by atoms with van der Waals surface area (Å²) in [6.45, 7) is 6.52. The van der Waals surface area contributed by atoms with E-state index in [2.05, 4.69) is 62.5 Å². The summed E-state index contributed by atoms with van der Waals surface area (Å²) in [6, 6.07) is 13.0. The van der Waals surface area contributed by atoms with Crippen LogP contribution in [0.5, 0.6) is 0 Å². The predicted octanol–water partition coefficient (Wildman–Crippen LogP) is 4.80. The SMILES string of the molecule is CNc1ccc(Sc2c(C)cc(C)cc2C)cc1. The maximum atomic E-state index is 3.14. The molecule has 2 rings (SSSR count). The van der Waals surface area contributed by atoms with Gasteiger partial charge < -0.3 is 5.32 Å². The molecule has 0 unspecified atom stereocenters. The highest BCUT2D eigenvalue weighted by molar-refractivity contribution is 7.99. The van der Waals surface area contributed by atoms with Gasteiger partial charge in [0.2, 0.25) is 0 Å². The van der Waals surface area contributed by atoms with Gasteiger partial charge in [0.05, 0.1) is 0 Å². The van der Waals surface area contributed by atoms with Crippen LogP contribution in [0.25, 0.3) is 0 Å². The Kier molecular flexibility index (Phi) is 3.97. The summed E-state index contributed by atoms with van der Waals surface area (Å²) in [5, 5.41) is 3.14. The van der Waals surface area contributed by atoms with Crippen LogP contribution in [-0.2, 0) is 0 Å². The summed E-state index contributed by atoms with van der Waals surface area (Å²) in [7, 11) is 1.94. The van der Waals surface area contributed by atoms with Crippen LogP contribution in [0.3, 0.4) is 0 Å². The van der Waals surface area contributed by atoms with Crippen molar-refractivity contribution in [3.63, 3.8) is 0 Å². The first-order valence-electron chi connectivity index (χ1n) is 6.13. The molecule has 18 heavy (non-hydrogen) atoms. The molecule has 0 heterocycles. The van der Waals surface area contributed by atoms with Crippen LogP contribution in [-0.4, -0.2) is 7.05 Å². The van der Waals surface area contributed by atoms with Gasteiger partial charge in [0.25, 0.3) is 0 Å². The zero-order valence-corrected chi connectivity index (χ0v) is 12.2. The number of aryl methyl sites for hydroxylation is 3. The van der Waals surface area contributed by atoms with Crippen molar-refractivity contribution >= 4 is 17.4 Å². The molecular weight excluding hydrogens is 238 g/mol. The first kappa shape index (κ1) is 13.0. The Morgan fingerprint density at radius 2 is 1.44 bits per heavy atom. The number of benzene rings is 2. The Balaban J connectivity index is 2.28. The molecule has 0 aromatic heterocycles. The predicted molar refractivity (Wildman–Crippen MR) is 80.8 cm³/mol. The molecule has 0 fully saturated rings. The highest BCUT2D eigenvalue weighted by Gasteiger charge is 2.05. The Morgan fingerprint density at radius 3 is 1.94 bits per heavy atom. The molecule has 0 spiro atoms. The molecule has 0 atom stereocenters. The summed E-state index contributed by atoms with van der Waals surface area (Å²) in [4.78, 5) is 2.65. The van der Waals surface area contributed by atoms with E-state index in [0.29, 0.717) is 0 Å². The van der Waals surface area contributed by atoms with Gasteiger partial charge in [0.1, 0.15) is 0 Å². The van der Waals surface area contributed by atoms with E-state index in [1.165, 1.54) is 26.5 Å². The second kappa shape index (κ2) is 5.49. The molecule has 2 aromatic rings. The summed E-state index contributed by atoms with van der Waals surface area (Å²) < 4.78 is 0. The van der Waals surface area contributed by atoms with Gasteiger partial charge in [-0.25, -0.2) is 0 Å². The van der Waals surface area contributed by atoms with Crippen LogP contribution < -0.4 is 5.32 Å². The van der Waals surface area contributed by atoms with Crippen molar-refractivity contribution in [2.24, 2.45) is 0 Å². The van der Waals surface area contributed by atoms with E-state index < -0.39 is 0 Å². The van der Waals surface area contributed by atoms with Crippen molar-refractivity contribution in [2.75, 3.05) is 12.4 Å². The molecule has 0 aliphatic rings. The Hall–Kier alpha value is -1.41. The van der Waals surface area contributed by atoms with Gasteiger partial charge >= 0.3 is 0 Å². The molecule has 0 aliphatic carbocycles. The van der Waals surface area contributed by atoms with E-state index in [1.54, 1.807) is 0 Å². The molecule has 0 saturated heterocycles. The van der Waals surface area contributed by atoms with E-state index in [9.17, 15) is 0 Å². The van der Waals surface area contributed by atoms with E-state index in [4.69, 9.17) is 0 Å². The number of anilines is 1. The molecule has 0 aliphatic heterocycles. The molecule has 0 radical (unpaired) electrons. The van der Waals surface area contributed by atoms with Crippen molar-refractivity contribution in [1.82, 2.24) is 0 Å². The highest BCUT2D eigenvalue weighted by Crippen LogP contribution is 2.34. The molecule has 1 N–H and O–H groups in total. The van der Waals surface area contributed by atoms with Crippen LogP contribution in [0, 0.1) is 20.8 Å². The van der Waals surface area contributed by atoms with Crippen molar-refractivity contribution in [2.45, 2.75) is 30.6 Å². The smallest absolute Gasteiger partial charge is 0.0338 e. The third kappa shape index (κ3) is 2.88. The van der Waals surface area contributed by atoms with Crippen molar-refractivity contribution in [3.8, 4) is 0 Å². The van der Waals surface area contributed by atoms with Gasteiger partial charge in [-0.05, 0) is 56.2 Å². The average molecular weight is 257 g/mol. The number of nitrogens with one attached hydrogen (secondary N) is 1. The van der Waals surface area contributed by atoms with E-state index in [-0.39, 0.29) is 0 Å². The van der Waals surface area contributed by atoms with Gasteiger partial charge in [-0.1, -0.05) is 29.5 Å². The molecular formula is C16H19NS. The maximum Gasteiger partial charge on any atom is 0.0338 e. The minimum absolute atomic E-state index is 1.15. The van der Waals surface area contributed by atoms with Crippen molar-refractivity contribution < 1.29 is 0 Å². The summed E-state index contributed by atoms with van der Waals surface area (Å²) in [6.07, 6.45) is 0. The van der Waals surface area contributed by atoms with Crippen LogP contribution in [0.4, 0.5) is 5.69 Å². The van der Waals surface area contributed by atoms with Gasteiger partial charge in [-0.15, -0.1) is 0 Å². The standard InChI is InChI=1S/C16H19NS/c1-11-9-12(2)16(13(3)10-11)18-15-7-5-14(17-4)6-8-15/h5-10,17H,1-4H3. The lowest BCUT2D eigenvalue weighted by Crippen LogP contribution is -1.89. The fourth-order valence-electron chi connectivity index (χ4n) is 2.14. The van der Waals surface area contributed by atoms with E-state index >= 15 is 0 Å². The second-order valence-corrected chi connectivity index (χ2v) is 5.69. The zero-order valence-electron chi connectivity index (χ0n) is 11.4. The second-order valence-electron chi connectivity index (χ2n) is 4.60. The maximum absolute atomic E-state index is 3.14. The van der Waals surface area contributed by atoms with Gasteiger partial charge in [-0.2, -0.15) is 0 Å². The largest absolute Gasteiger partial charge is 0.388 e. The van der Waals surface area contributed by atoms with Crippen LogP contribution >= 0.6 is 11.8 Å². The summed E-state index contributed by atoms with van der Waals surface area (Å²) in [5.41, 5.74) is 5.20. The lowest BCUT2D eigenvalue weighted by atomic mass is 10.1. The monoisotopic (exact) mass is 257 g/mol. The number of hydrogen-bond donors (Lipinski definition) is 1. The molecule has 2 aromatic carbocycles. The lowest BCUT2D eigenvalue weighted by Gasteiger charge is -2.11. The van der Waals surface area contributed by atoms with Crippen molar-refractivity contribution in [3.05, 3.63) is 53.1 Å². The quantitative estimate of drug-likeness (QED) is 0.847. The first-order valence-corrected chi connectivity index (χ1v) is 6.95. The lowest BCUT2D eigenvalue weighted by molar-refractivity contribution is 1.18. The Bertz CT molecular complexity index is 521. The molecule has 2 heteroatoms. The van der Waals surface area contributed by atoms with Crippen LogP contribution in [0.2, 0.25) is 0 Å². The fourth-order valence-corrected chi connectivity index (χ4v) is 3.08. The molecule has 1 nitrogen and oxygen atoms in total. The third-order valence-corrected chi connectivity index (χ3v) is 4.32. The van der Waals surface area contributed by atoms with Crippen LogP contribution in [0.1, 0.15) is 16.7 Å². The molecule has 0 bridgehead atoms. The van der Waals surface area contributed by atoms with Gasteiger partial charge in [0, 0.05) is 22.5 Å². The molecule has 0 amide bonds. The third-order valence-electron chi connectivity index (χ3n) is 2.97. The average Bonchev–Trinajstić information content (AvgIpc) is 2.34. The zero-order chi connectivity index (χ0) is 13.1. The number of rotatable bonds is 3.